The Hall–Kier alpha value is -2.20. The van der Waals surface area contributed by atoms with E-state index in [1.807, 2.05) is 24.7 Å². The topological polar surface area (TPSA) is 44.8 Å². The normalized spacial score (nSPS) is 19.0. The van der Waals surface area contributed by atoms with Crippen LogP contribution in [0.3, 0.4) is 0 Å². The van der Waals surface area contributed by atoms with Crippen LogP contribution in [0.4, 0.5) is 0 Å². The summed E-state index contributed by atoms with van der Waals surface area (Å²) in [5, 5.41) is 1.24. The number of H-pyrrole nitrogens is 1. The van der Waals surface area contributed by atoms with Crippen LogP contribution in [0.15, 0.2) is 48.9 Å². The van der Waals surface area contributed by atoms with E-state index < -0.39 is 0 Å². The molecule has 1 saturated heterocycles. The highest BCUT2D eigenvalue weighted by atomic mass is 15.2. The minimum atomic E-state index is 0.740. The van der Waals surface area contributed by atoms with E-state index in [4.69, 9.17) is 0 Å². The maximum atomic E-state index is 4.39. The van der Waals surface area contributed by atoms with Crippen molar-refractivity contribution in [2.75, 3.05) is 13.1 Å². The van der Waals surface area contributed by atoms with Crippen LogP contribution in [0, 0.1) is 5.92 Å². The van der Waals surface area contributed by atoms with Crippen molar-refractivity contribution in [1.82, 2.24) is 19.9 Å². The van der Waals surface area contributed by atoms with E-state index >= 15 is 0 Å². The molecular weight excluding hydrogens is 272 g/mol. The van der Waals surface area contributed by atoms with E-state index in [0.717, 1.165) is 36.8 Å². The zero-order valence-corrected chi connectivity index (χ0v) is 12.6. The average molecular weight is 292 g/mol. The zero-order valence-electron chi connectivity index (χ0n) is 12.6. The lowest BCUT2D eigenvalue weighted by Crippen LogP contribution is -2.21. The van der Waals surface area contributed by atoms with E-state index in [-0.39, 0.29) is 0 Å². The first-order valence-corrected chi connectivity index (χ1v) is 7.91. The minimum Gasteiger partial charge on any atom is -0.348 e. The molecule has 3 aromatic rings. The monoisotopic (exact) mass is 292 g/mol. The second-order valence-electron chi connectivity index (χ2n) is 6.16. The number of hydrogen-bond acceptors (Lipinski definition) is 3. The first-order valence-electron chi connectivity index (χ1n) is 7.91. The summed E-state index contributed by atoms with van der Waals surface area (Å²) in [4.78, 5) is 14.4. The highest BCUT2D eigenvalue weighted by Crippen LogP contribution is 2.23. The van der Waals surface area contributed by atoms with Crippen LogP contribution in [-0.4, -0.2) is 32.9 Å². The Balaban J connectivity index is 1.40. The van der Waals surface area contributed by atoms with E-state index in [0.29, 0.717) is 0 Å². The predicted octanol–water partition coefficient (Wildman–Crippen LogP) is 3.02. The number of likely N-dealkylation sites (tertiary alicyclic amines) is 1. The van der Waals surface area contributed by atoms with Crippen molar-refractivity contribution < 1.29 is 0 Å². The Morgan fingerprint density at radius 1 is 1.18 bits per heavy atom. The predicted molar refractivity (Wildman–Crippen MR) is 87.4 cm³/mol. The molecule has 4 rings (SSSR count). The summed E-state index contributed by atoms with van der Waals surface area (Å²) < 4.78 is 0. The molecule has 0 radical (unpaired) electrons. The van der Waals surface area contributed by atoms with Gasteiger partial charge in [-0.2, -0.15) is 0 Å². The molecule has 4 heteroatoms. The van der Waals surface area contributed by atoms with Gasteiger partial charge in [0.2, 0.25) is 0 Å². The molecule has 4 nitrogen and oxygen atoms in total. The minimum absolute atomic E-state index is 0.740. The van der Waals surface area contributed by atoms with Crippen molar-refractivity contribution in [3.8, 4) is 0 Å². The van der Waals surface area contributed by atoms with Crippen LogP contribution in [0.5, 0.6) is 0 Å². The first kappa shape index (κ1) is 13.5. The smallest absolute Gasteiger partial charge is 0.120 e. The van der Waals surface area contributed by atoms with Gasteiger partial charge in [0, 0.05) is 30.5 Å². The molecule has 3 heterocycles. The zero-order chi connectivity index (χ0) is 14.8. The van der Waals surface area contributed by atoms with Gasteiger partial charge in [-0.3, -0.25) is 9.88 Å². The molecule has 1 aromatic carbocycles. The van der Waals surface area contributed by atoms with Gasteiger partial charge in [-0.1, -0.05) is 12.1 Å². The number of aromatic amines is 1. The second-order valence-corrected chi connectivity index (χ2v) is 6.16. The van der Waals surface area contributed by atoms with Crippen molar-refractivity contribution in [2.45, 2.75) is 19.4 Å². The summed E-state index contributed by atoms with van der Waals surface area (Å²) in [6, 6.07) is 10.8. The van der Waals surface area contributed by atoms with Crippen LogP contribution in [0.1, 0.15) is 17.8 Å². The molecule has 0 bridgehead atoms. The number of nitrogens with one attached hydrogen (secondary N) is 1. The molecule has 1 fully saturated rings. The summed E-state index contributed by atoms with van der Waals surface area (Å²) >= 11 is 0. The Morgan fingerprint density at radius 2 is 2.18 bits per heavy atom. The Kier molecular flexibility index (Phi) is 3.60. The quantitative estimate of drug-likeness (QED) is 0.804. The fraction of sp³-hybridized carbons (Fsp3) is 0.333. The van der Waals surface area contributed by atoms with E-state index in [9.17, 15) is 0 Å². The van der Waals surface area contributed by atoms with Crippen molar-refractivity contribution in [3.05, 3.63) is 60.3 Å². The summed E-state index contributed by atoms with van der Waals surface area (Å²) in [6.07, 6.45) is 7.99. The van der Waals surface area contributed by atoms with E-state index in [1.54, 1.807) is 0 Å². The number of rotatable bonds is 4. The Labute approximate surface area is 130 Å². The number of nitrogens with zero attached hydrogens (tertiary/aromatic N) is 3. The van der Waals surface area contributed by atoms with E-state index in [2.05, 4.69) is 44.1 Å². The fourth-order valence-corrected chi connectivity index (χ4v) is 3.40. The number of benzene rings is 1. The lowest BCUT2D eigenvalue weighted by molar-refractivity contribution is 0.309. The summed E-state index contributed by atoms with van der Waals surface area (Å²) in [6.45, 7) is 3.26. The molecule has 0 amide bonds. The molecule has 0 aliphatic carbocycles. The number of aromatic nitrogens is 3. The molecule has 1 aliphatic heterocycles. The largest absolute Gasteiger partial charge is 0.348 e. The summed E-state index contributed by atoms with van der Waals surface area (Å²) in [5.41, 5.74) is 2.50. The standard InChI is InChI=1S/C18H20N4/c1-2-16-11-14(3-4-17(16)19-6-1)10-15-5-9-22(12-15)13-18-20-7-8-21-18/h1-4,6-8,11,15H,5,9-10,12-13H2,(H,20,21)/t15-/m0/s1. The number of hydrogen-bond donors (Lipinski definition) is 1. The van der Waals surface area contributed by atoms with Crippen LogP contribution in [0.2, 0.25) is 0 Å². The van der Waals surface area contributed by atoms with Gasteiger partial charge in [-0.25, -0.2) is 4.98 Å². The Bertz CT molecular complexity index is 751. The third-order valence-electron chi connectivity index (χ3n) is 4.49. The van der Waals surface area contributed by atoms with Crippen molar-refractivity contribution in [2.24, 2.45) is 5.92 Å². The first-order chi connectivity index (χ1) is 10.9. The molecule has 2 aromatic heterocycles. The fourth-order valence-electron chi connectivity index (χ4n) is 3.40. The van der Waals surface area contributed by atoms with Gasteiger partial charge >= 0.3 is 0 Å². The van der Waals surface area contributed by atoms with Crippen LogP contribution in [-0.2, 0) is 13.0 Å². The maximum absolute atomic E-state index is 4.39. The second kappa shape index (κ2) is 5.89. The molecule has 22 heavy (non-hydrogen) atoms. The molecule has 1 atom stereocenters. The van der Waals surface area contributed by atoms with Gasteiger partial charge in [-0.15, -0.1) is 0 Å². The lowest BCUT2D eigenvalue weighted by Gasteiger charge is -2.14. The molecular formula is C18H20N4. The molecule has 0 spiro atoms. The SMILES string of the molecule is c1cnc2ccc(C[C@@H]3CCN(Cc4ncc[nH]4)C3)cc2c1. The number of imidazole rings is 1. The van der Waals surface area contributed by atoms with Gasteiger partial charge in [0.15, 0.2) is 0 Å². The number of fused-ring (bicyclic) bond motifs is 1. The Morgan fingerprint density at radius 3 is 3.09 bits per heavy atom. The van der Waals surface area contributed by atoms with Crippen LogP contribution < -0.4 is 0 Å². The van der Waals surface area contributed by atoms with Gasteiger partial charge in [-0.05, 0) is 49.1 Å². The van der Waals surface area contributed by atoms with Gasteiger partial charge in [0.1, 0.15) is 5.82 Å². The molecule has 112 valence electrons. The van der Waals surface area contributed by atoms with Crippen molar-refractivity contribution >= 4 is 10.9 Å². The third kappa shape index (κ3) is 2.88. The van der Waals surface area contributed by atoms with Crippen LogP contribution in [0.25, 0.3) is 10.9 Å². The van der Waals surface area contributed by atoms with Crippen molar-refractivity contribution in [3.63, 3.8) is 0 Å². The summed E-state index contributed by atoms with van der Waals surface area (Å²) in [7, 11) is 0. The molecule has 0 saturated carbocycles. The summed E-state index contributed by atoms with van der Waals surface area (Å²) in [5.74, 6) is 1.81. The van der Waals surface area contributed by atoms with Crippen molar-refractivity contribution in [1.29, 1.82) is 0 Å². The maximum Gasteiger partial charge on any atom is 0.120 e. The highest BCUT2D eigenvalue weighted by Gasteiger charge is 2.23. The highest BCUT2D eigenvalue weighted by molar-refractivity contribution is 5.78. The van der Waals surface area contributed by atoms with Gasteiger partial charge < -0.3 is 4.98 Å². The third-order valence-corrected chi connectivity index (χ3v) is 4.49. The van der Waals surface area contributed by atoms with Gasteiger partial charge in [0.05, 0.1) is 12.1 Å². The molecule has 1 N–H and O–H groups in total. The number of pyridine rings is 1. The van der Waals surface area contributed by atoms with Gasteiger partial charge in [0.25, 0.3) is 0 Å². The van der Waals surface area contributed by atoms with E-state index in [1.165, 1.54) is 23.9 Å². The average Bonchev–Trinajstić information content (AvgIpc) is 3.20. The lowest BCUT2D eigenvalue weighted by atomic mass is 9.97. The van der Waals surface area contributed by atoms with Crippen LogP contribution >= 0.6 is 0 Å². The molecule has 1 aliphatic rings. The molecule has 0 unspecified atom stereocenters.